The lowest BCUT2D eigenvalue weighted by atomic mass is 9.79. The van der Waals surface area contributed by atoms with Gasteiger partial charge < -0.3 is 15.2 Å². The molecule has 1 fully saturated rings. The molecule has 1 heterocycles. The van der Waals surface area contributed by atoms with E-state index in [1.54, 1.807) is 7.11 Å². The van der Waals surface area contributed by atoms with Crippen LogP contribution < -0.4 is 10.1 Å². The third-order valence-corrected chi connectivity index (χ3v) is 4.41. The van der Waals surface area contributed by atoms with Crippen molar-refractivity contribution in [1.29, 1.82) is 0 Å². The lowest BCUT2D eigenvalue weighted by Crippen LogP contribution is -2.49. The molecule has 0 bridgehead atoms. The van der Waals surface area contributed by atoms with E-state index in [2.05, 4.69) is 49.2 Å². The van der Waals surface area contributed by atoms with Crippen molar-refractivity contribution in [3.05, 3.63) is 29.3 Å². The fraction of sp³-hybridized carbons (Fsp3) is 0.647. The Bertz CT molecular complexity index is 474. The van der Waals surface area contributed by atoms with E-state index in [1.807, 2.05) is 0 Å². The number of ether oxygens (including phenoxy) is 1. The van der Waals surface area contributed by atoms with Crippen LogP contribution >= 0.6 is 12.4 Å². The molecule has 0 aromatic heterocycles. The number of benzene rings is 1. The minimum Gasteiger partial charge on any atom is -0.496 e. The van der Waals surface area contributed by atoms with E-state index in [9.17, 15) is 5.11 Å². The third kappa shape index (κ3) is 4.13. The SMILES string of the molecule is COc1cc([C@@H](N2CCNCC2)C(C)(C)CO)ccc1C.Cl. The van der Waals surface area contributed by atoms with Gasteiger partial charge in [-0.1, -0.05) is 26.0 Å². The van der Waals surface area contributed by atoms with E-state index in [4.69, 9.17) is 4.74 Å². The zero-order chi connectivity index (χ0) is 15.5. The van der Waals surface area contributed by atoms with Crippen molar-refractivity contribution in [3.63, 3.8) is 0 Å². The summed E-state index contributed by atoms with van der Waals surface area (Å²) in [6, 6.07) is 6.59. The summed E-state index contributed by atoms with van der Waals surface area (Å²) in [6.45, 7) is 10.5. The summed E-state index contributed by atoms with van der Waals surface area (Å²) in [4.78, 5) is 2.47. The van der Waals surface area contributed by atoms with Crippen LogP contribution in [0.15, 0.2) is 18.2 Å². The molecule has 2 N–H and O–H groups in total. The van der Waals surface area contributed by atoms with Gasteiger partial charge in [-0.15, -0.1) is 12.4 Å². The molecule has 1 aromatic rings. The highest BCUT2D eigenvalue weighted by atomic mass is 35.5. The zero-order valence-corrected chi connectivity index (χ0v) is 14.9. The van der Waals surface area contributed by atoms with Crippen molar-refractivity contribution in [2.24, 2.45) is 5.41 Å². The van der Waals surface area contributed by atoms with Crippen LogP contribution in [0.1, 0.15) is 31.0 Å². The van der Waals surface area contributed by atoms with Gasteiger partial charge in [-0.3, -0.25) is 4.90 Å². The van der Waals surface area contributed by atoms with Gasteiger partial charge >= 0.3 is 0 Å². The second-order valence-electron chi connectivity index (χ2n) is 6.56. The fourth-order valence-corrected chi connectivity index (χ4v) is 3.19. The molecule has 1 saturated heterocycles. The number of aryl methyl sites for hydroxylation is 1. The highest BCUT2D eigenvalue weighted by Gasteiger charge is 2.35. The Morgan fingerprint density at radius 2 is 1.95 bits per heavy atom. The number of aliphatic hydroxyl groups excluding tert-OH is 1. The fourth-order valence-electron chi connectivity index (χ4n) is 3.19. The van der Waals surface area contributed by atoms with Gasteiger partial charge in [0.05, 0.1) is 7.11 Å². The number of nitrogens with zero attached hydrogens (tertiary/aromatic N) is 1. The van der Waals surface area contributed by atoms with Crippen LogP contribution in [0.4, 0.5) is 0 Å². The Hall–Kier alpha value is -0.810. The number of halogens is 1. The van der Waals surface area contributed by atoms with Gasteiger partial charge in [0.15, 0.2) is 0 Å². The van der Waals surface area contributed by atoms with E-state index in [-0.39, 0.29) is 30.5 Å². The first-order valence-electron chi connectivity index (χ1n) is 7.70. The Labute approximate surface area is 140 Å². The largest absolute Gasteiger partial charge is 0.496 e. The minimum absolute atomic E-state index is 0. The number of methoxy groups -OCH3 is 1. The highest BCUT2D eigenvalue weighted by molar-refractivity contribution is 5.85. The van der Waals surface area contributed by atoms with Crippen LogP contribution in [0.2, 0.25) is 0 Å². The molecule has 0 spiro atoms. The topological polar surface area (TPSA) is 44.7 Å². The first kappa shape index (κ1) is 19.2. The predicted molar refractivity (Wildman–Crippen MR) is 93.0 cm³/mol. The Balaban J connectivity index is 0.00000242. The molecule has 4 nitrogen and oxygen atoms in total. The van der Waals surface area contributed by atoms with Gasteiger partial charge in [-0.25, -0.2) is 0 Å². The average Bonchev–Trinajstić information content (AvgIpc) is 2.50. The molecule has 0 amide bonds. The zero-order valence-electron chi connectivity index (χ0n) is 14.1. The normalized spacial score (nSPS) is 17.7. The van der Waals surface area contributed by atoms with Crippen molar-refractivity contribution in [1.82, 2.24) is 10.2 Å². The van der Waals surface area contributed by atoms with E-state index >= 15 is 0 Å². The number of piperazine rings is 1. The van der Waals surface area contributed by atoms with Gasteiger partial charge in [-0.05, 0) is 24.1 Å². The van der Waals surface area contributed by atoms with Crippen LogP contribution in [-0.2, 0) is 0 Å². The van der Waals surface area contributed by atoms with Crippen molar-refractivity contribution in [2.75, 3.05) is 39.9 Å². The van der Waals surface area contributed by atoms with E-state index < -0.39 is 0 Å². The lowest BCUT2D eigenvalue weighted by Gasteiger charge is -2.43. The molecule has 2 rings (SSSR count). The van der Waals surface area contributed by atoms with E-state index in [0.717, 1.165) is 37.5 Å². The second kappa shape index (κ2) is 8.16. The maximum Gasteiger partial charge on any atom is 0.122 e. The minimum atomic E-state index is -0.197. The van der Waals surface area contributed by atoms with Gasteiger partial charge in [-0.2, -0.15) is 0 Å². The Kier molecular flexibility index (Phi) is 7.13. The third-order valence-electron chi connectivity index (χ3n) is 4.41. The summed E-state index contributed by atoms with van der Waals surface area (Å²) in [7, 11) is 1.71. The summed E-state index contributed by atoms with van der Waals surface area (Å²) in [5, 5.41) is 13.3. The summed E-state index contributed by atoms with van der Waals surface area (Å²) in [6.07, 6.45) is 0. The van der Waals surface area contributed by atoms with Crippen molar-refractivity contribution in [3.8, 4) is 5.75 Å². The second-order valence-corrected chi connectivity index (χ2v) is 6.56. The monoisotopic (exact) mass is 328 g/mol. The van der Waals surface area contributed by atoms with Gasteiger partial charge in [0.1, 0.15) is 5.75 Å². The highest BCUT2D eigenvalue weighted by Crippen LogP contribution is 2.39. The summed E-state index contributed by atoms with van der Waals surface area (Å²) in [5.74, 6) is 0.918. The number of rotatable bonds is 5. The maximum atomic E-state index is 9.86. The molecule has 5 heteroatoms. The first-order chi connectivity index (χ1) is 9.99. The van der Waals surface area contributed by atoms with Crippen LogP contribution in [0.5, 0.6) is 5.75 Å². The Morgan fingerprint density at radius 1 is 1.32 bits per heavy atom. The molecule has 1 aromatic carbocycles. The van der Waals surface area contributed by atoms with Crippen LogP contribution in [0.3, 0.4) is 0 Å². The number of nitrogens with one attached hydrogen (secondary N) is 1. The van der Waals surface area contributed by atoms with Crippen LogP contribution in [0.25, 0.3) is 0 Å². The van der Waals surface area contributed by atoms with Crippen molar-refractivity contribution < 1.29 is 9.84 Å². The average molecular weight is 329 g/mol. The lowest BCUT2D eigenvalue weighted by molar-refractivity contribution is 0.0304. The van der Waals surface area contributed by atoms with E-state index in [1.165, 1.54) is 5.56 Å². The molecule has 0 radical (unpaired) electrons. The number of hydrogen-bond donors (Lipinski definition) is 2. The molecular weight excluding hydrogens is 300 g/mol. The number of hydrogen-bond acceptors (Lipinski definition) is 4. The molecule has 1 aliphatic rings. The number of aliphatic hydroxyl groups is 1. The summed E-state index contributed by atoms with van der Waals surface area (Å²) >= 11 is 0. The first-order valence-corrected chi connectivity index (χ1v) is 7.70. The molecule has 1 aliphatic heterocycles. The maximum absolute atomic E-state index is 9.86. The summed E-state index contributed by atoms with van der Waals surface area (Å²) < 4.78 is 5.48. The quantitative estimate of drug-likeness (QED) is 0.871. The smallest absolute Gasteiger partial charge is 0.122 e. The molecule has 1 atom stereocenters. The molecule has 0 saturated carbocycles. The van der Waals surface area contributed by atoms with Crippen LogP contribution in [0, 0.1) is 12.3 Å². The van der Waals surface area contributed by atoms with Gasteiger partial charge in [0.2, 0.25) is 0 Å². The van der Waals surface area contributed by atoms with Gasteiger partial charge in [0, 0.05) is 44.2 Å². The molecule has 126 valence electrons. The van der Waals surface area contributed by atoms with Crippen molar-refractivity contribution in [2.45, 2.75) is 26.8 Å². The summed E-state index contributed by atoms with van der Waals surface area (Å²) in [5.41, 5.74) is 2.16. The van der Waals surface area contributed by atoms with Crippen LogP contribution in [-0.4, -0.2) is 49.9 Å². The molecule has 22 heavy (non-hydrogen) atoms. The standard InChI is InChI=1S/C17H28N2O2.ClH/c1-13-5-6-14(11-15(13)21-4)16(17(2,3)12-20)19-9-7-18-8-10-19;/h5-6,11,16,18,20H,7-10,12H2,1-4H3;1H/t16-;/m1./s1. The molecule has 0 aliphatic carbocycles. The van der Waals surface area contributed by atoms with Gasteiger partial charge in [0.25, 0.3) is 0 Å². The predicted octanol–water partition coefficient (Wildman–Crippen LogP) is 2.39. The van der Waals surface area contributed by atoms with E-state index in [0.29, 0.717) is 0 Å². The van der Waals surface area contributed by atoms with Crippen molar-refractivity contribution >= 4 is 12.4 Å². The Morgan fingerprint density at radius 3 is 2.50 bits per heavy atom. The molecule has 0 unspecified atom stereocenters. The molecular formula is C17H29ClN2O2.